The van der Waals surface area contributed by atoms with Gasteiger partial charge in [0.15, 0.2) is 5.70 Å². The van der Waals surface area contributed by atoms with E-state index in [1.165, 1.54) is 12.1 Å². The maximum Gasteiger partial charge on any atom is 0.363 e. The number of carbonyl (C=O) groups is 1. The zero-order valence-corrected chi connectivity index (χ0v) is 13.9. The Hall–Kier alpha value is -2.95. The molecule has 3 rings (SSSR count). The number of esters is 1. The van der Waals surface area contributed by atoms with Crippen molar-refractivity contribution in [2.24, 2.45) is 4.99 Å². The number of carbonyl (C=O) groups excluding carboxylic acids is 1. The molecule has 1 heterocycles. The lowest BCUT2D eigenvalue weighted by Crippen LogP contribution is -2.05. The maximum atomic E-state index is 13.3. The number of cyclic esters (lactones) is 1. The van der Waals surface area contributed by atoms with E-state index in [9.17, 15) is 9.18 Å². The smallest absolute Gasteiger partial charge is 0.363 e. The molecule has 0 unspecified atom stereocenters. The van der Waals surface area contributed by atoms with Gasteiger partial charge in [0.05, 0.1) is 6.61 Å². The van der Waals surface area contributed by atoms with Crippen LogP contribution in [-0.2, 0) is 9.53 Å². The number of hydrogen-bond donors (Lipinski definition) is 0. The summed E-state index contributed by atoms with van der Waals surface area (Å²) in [4.78, 5) is 16.3. The molecule has 0 saturated heterocycles. The number of aliphatic imine (C=N–C) groups is 1. The zero-order chi connectivity index (χ0) is 17.6. The molecule has 0 atom stereocenters. The first-order chi connectivity index (χ1) is 12.2. The fourth-order valence-corrected chi connectivity index (χ4v) is 2.36. The highest BCUT2D eigenvalue weighted by Gasteiger charge is 2.24. The molecular formula is C20H18FNO3. The van der Waals surface area contributed by atoms with Gasteiger partial charge in [0.25, 0.3) is 0 Å². The third kappa shape index (κ3) is 4.12. The lowest BCUT2D eigenvalue weighted by Gasteiger charge is -2.08. The molecule has 0 saturated carbocycles. The van der Waals surface area contributed by atoms with Crippen molar-refractivity contribution in [2.45, 2.75) is 19.8 Å². The minimum atomic E-state index is -0.567. The number of hydrogen-bond acceptors (Lipinski definition) is 4. The van der Waals surface area contributed by atoms with Crippen molar-refractivity contribution < 1.29 is 18.7 Å². The molecule has 2 aromatic rings. The molecule has 0 fully saturated rings. The second kappa shape index (κ2) is 7.75. The molecule has 0 radical (unpaired) electrons. The molecule has 1 aliphatic heterocycles. The Bertz CT molecular complexity index is 842. The summed E-state index contributed by atoms with van der Waals surface area (Å²) >= 11 is 0. The van der Waals surface area contributed by atoms with Crippen LogP contribution in [0, 0.1) is 5.82 Å². The first-order valence-corrected chi connectivity index (χ1v) is 8.17. The Labute approximate surface area is 145 Å². The molecule has 0 bridgehead atoms. The number of nitrogens with zero attached hydrogens (tertiary/aromatic N) is 1. The number of para-hydroxylation sites is 1. The van der Waals surface area contributed by atoms with E-state index in [1.807, 2.05) is 24.3 Å². The summed E-state index contributed by atoms with van der Waals surface area (Å²) in [5, 5.41) is 0. The summed E-state index contributed by atoms with van der Waals surface area (Å²) in [6, 6.07) is 13.2. The van der Waals surface area contributed by atoms with Gasteiger partial charge in [-0.15, -0.1) is 0 Å². The van der Waals surface area contributed by atoms with Crippen molar-refractivity contribution in [3.8, 4) is 5.75 Å². The van der Waals surface area contributed by atoms with E-state index in [-0.39, 0.29) is 11.6 Å². The molecule has 0 aliphatic carbocycles. The van der Waals surface area contributed by atoms with Crippen molar-refractivity contribution in [1.29, 1.82) is 0 Å². The fraction of sp³-hybridized carbons (Fsp3) is 0.200. The summed E-state index contributed by atoms with van der Waals surface area (Å²) < 4.78 is 24.3. The van der Waals surface area contributed by atoms with Gasteiger partial charge in [-0.3, -0.25) is 0 Å². The van der Waals surface area contributed by atoms with Gasteiger partial charge in [0.1, 0.15) is 11.6 Å². The van der Waals surface area contributed by atoms with E-state index in [0.717, 1.165) is 18.4 Å². The van der Waals surface area contributed by atoms with Crippen molar-refractivity contribution >= 4 is 17.9 Å². The Morgan fingerprint density at radius 2 is 2.04 bits per heavy atom. The molecule has 0 amide bonds. The van der Waals surface area contributed by atoms with Crippen LogP contribution >= 0.6 is 0 Å². The SMILES string of the molecule is CCCCOc1ccccc1C=C1N=C(c2cccc(F)c2)OC1=O. The number of ether oxygens (including phenoxy) is 2. The molecule has 5 heteroatoms. The van der Waals surface area contributed by atoms with Gasteiger partial charge in [-0.05, 0) is 36.8 Å². The van der Waals surface area contributed by atoms with Crippen molar-refractivity contribution in [1.82, 2.24) is 0 Å². The Morgan fingerprint density at radius 1 is 1.20 bits per heavy atom. The molecule has 2 aromatic carbocycles. The van der Waals surface area contributed by atoms with Crippen molar-refractivity contribution in [3.63, 3.8) is 0 Å². The quantitative estimate of drug-likeness (QED) is 0.447. The van der Waals surface area contributed by atoms with E-state index in [1.54, 1.807) is 18.2 Å². The summed E-state index contributed by atoms with van der Waals surface area (Å²) in [6.07, 6.45) is 3.61. The molecule has 4 nitrogen and oxygen atoms in total. The van der Waals surface area contributed by atoms with Crippen LogP contribution in [0.25, 0.3) is 6.08 Å². The molecule has 0 spiro atoms. The normalized spacial score (nSPS) is 15.2. The van der Waals surface area contributed by atoms with E-state index < -0.39 is 11.8 Å². The van der Waals surface area contributed by atoms with Gasteiger partial charge < -0.3 is 9.47 Å². The molecule has 0 N–H and O–H groups in total. The summed E-state index contributed by atoms with van der Waals surface area (Å²) in [5.41, 5.74) is 1.32. The monoisotopic (exact) mass is 339 g/mol. The minimum Gasteiger partial charge on any atom is -0.493 e. The molecule has 0 aromatic heterocycles. The number of halogens is 1. The predicted octanol–water partition coefficient (Wildman–Crippen LogP) is 4.35. The summed E-state index contributed by atoms with van der Waals surface area (Å²) in [6.45, 7) is 2.70. The third-order valence-electron chi connectivity index (χ3n) is 3.66. The fourth-order valence-electron chi connectivity index (χ4n) is 2.36. The average Bonchev–Trinajstić information content (AvgIpc) is 2.97. The first kappa shape index (κ1) is 16.9. The predicted molar refractivity (Wildman–Crippen MR) is 93.9 cm³/mol. The topological polar surface area (TPSA) is 47.9 Å². The van der Waals surface area contributed by atoms with E-state index >= 15 is 0 Å². The van der Waals surface area contributed by atoms with Gasteiger partial charge in [-0.1, -0.05) is 37.6 Å². The second-order valence-electron chi connectivity index (χ2n) is 5.59. The van der Waals surface area contributed by atoms with E-state index in [0.29, 0.717) is 17.9 Å². The third-order valence-corrected chi connectivity index (χ3v) is 3.66. The standard InChI is InChI=1S/C20H18FNO3/c1-2-3-11-24-18-10-5-4-7-14(18)13-17-20(23)25-19(22-17)15-8-6-9-16(21)12-15/h4-10,12-13H,2-3,11H2,1H3. The average molecular weight is 339 g/mol. The number of rotatable bonds is 6. The summed E-state index contributed by atoms with van der Waals surface area (Å²) in [7, 11) is 0. The van der Waals surface area contributed by atoms with Crippen LogP contribution in [0.5, 0.6) is 5.75 Å². The van der Waals surface area contributed by atoms with Gasteiger partial charge in [-0.25, -0.2) is 14.2 Å². The number of benzene rings is 2. The lowest BCUT2D eigenvalue weighted by atomic mass is 10.1. The molecule has 1 aliphatic rings. The van der Waals surface area contributed by atoms with Crippen molar-refractivity contribution in [3.05, 3.63) is 71.2 Å². The molecule has 25 heavy (non-hydrogen) atoms. The largest absolute Gasteiger partial charge is 0.493 e. The Balaban J connectivity index is 1.87. The van der Waals surface area contributed by atoms with E-state index in [4.69, 9.17) is 9.47 Å². The van der Waals surface area contributed by atoms with Crippen LogP contribution in [0.1, 0.15) is 30.9 Å². The highest BCUT2D eigenvalue weighted by atomic mass is 19.1. The van der Waals surface area contributed by atoms with Crippen LogP contribution in [0.2, 0.25) is 0 Å². The van der Waals surface area contributed by atoms with Crippen LogP contribution in [0.4, 0.5) is 4.39 Å². The lowest BCUT2D eigenvalue weighted by molar-refractivity contribution is -0.129. The second-order valence-corrected chi connectivity index (χ2v) is 5.59. The maximum absolute atomic E-state index is 13.3. The highest BCUT2D eigenvalue weighted by Crippen LogP contribution is 2.25. The van der Waals surface area contributed by atoms with Crippen LogP contribution in [0.3, 0.4) is 0 Å². The van der Waals surface area contributed by atoms with Gasteiger partial charge in [0.2, 0.25) is 5.90 Å². The van der Waals surface area contributed by atoms with Crippen LogP contribution in [0.15, 0.2) is 59.2 Å². The van der Waals surface area contributed by atoms with Crippen LogP contribution in [-0.4, -0.2) is 18.5 Å². The zero-order valence-electron chi connectivity index (χ0n) is 13.9. The molecule has 128 valence electrons. The van der Waals surface area contributed by atoms with E-state index in [2.05, 4.69) is 11.9 Å². The summed E-state index contributed by atoms with van der Waals surface area (Å²) in [5.74, 6) is -0.197. The Morgan fingerprint density at radius 3 is 2.84 bits per heavy atom. The number of unbranched alkanes of at least 4 members (excludes halogenated alkanes) is 1. The Kier molecular flexibility index (Phi) is 5.23. The molecular weight excluding hydrogens is 321 g/mol. The van der Waals surface area contributed by atoms with Gasteiger partial charge >= 0.3 is 5.97 Å². The van der Waals surface area contributed by atoms with Crippen molar-refractivity contribution in [2.75, 3.05) is 6.61 Å². The minimum absolute atomic E-state index is 0.0973. The van der Waals surface area contributed by atoms with Gasteiger partial charge in [0, 0.05) is 11.1 Å². The highest BCUT2D eigenvalue weighted by molar-refractivity contribution is 6.12. The van der Waals surface area contributed by atoms with Gasteiger partial charge in [-0.2, -0.15) is 0 Å². The van der Waals surface area contributed by atoms with Crippen LogP contribution < -0.4 is 4.74 Å². The first-order valence-electron chi connectivity index (χ1n) is 8.17.